The first-order valence-corrected chi connectivity index (χ1v) is 6.65. The minimum atomic E-state index is -3.36. The molecule has 90 valence electrons. The fourth-order valence-corrected chi connectivity index (χ4v) is 1.55. The van der Waals surface area contributed by atoms with E-state index in [1.165, 1.54) is 0 Å². The monoisotopic (exact) mass is 246 g/mol. The zero-order valence-electron chi connectivity index (χ0n) is 9.23. The molecule has 0 aromatic heterocycles. The van der Waals surface area contributed by atoms with Crippen LogP contribution in [-0.4, -0.2) is 27.2 Å². The number of ether oxygens (including phenoxy) is 1. The number of cyclic esters (lactones) is 1. The van der Waals surface area contributed by atoms with E-state index in [2.05, 4.69) is 4.18 Å². The number of allylic oxidation sites excluding steroid dienone is 2. The summed E-state index contributed by atoms with van der Waals surface area (Å²) < 4.78 is 30.7. The lowest BCUT2D eigenvalue weighted by molar-refractivity contribution is -0.133. The molecule has 0 bridgehead atoms. The van der Waals surface area contributed by atoms with Crippen molar-refractivity contribution in [3.05, 3.63) is 23.5 Å². The van der Waals surface area contributed by atoms with Crippen LogP contribution < -0.4 is 0 Å². The maximum Gasteiger partial charge on any atom is 0.339 e. The summed E-state index contributed by atoms with van der Waals surface area (Å²) in [4.78, 5) is 11.0. The Hall–Kier alpha value is -1.14. The van der Waals surface area contributed by atoms with Crippen LogP contribution in [0.5, 0.6) is 0 Å². The van der Waals surface area contributed by atoms with Crippen LogP contribution in [0, 0.1) is 0 Å². The molecule has 0 atom stereocenters. The summed E-state index contributed by atoms with van der Waals surface area (Å²) in [5, 5.41) is 0. The molecule has 0 saturated carbocycles. The number of unbranched alkanes of at least 4 members (excludes halogenated alkanes) is 1. The lowest BCUT2D eigenvalue weighted by atomic mass is 10.2. The van der Waals surface area contributed by atoms with E-state index >= 15 is 0 Å². The number of esters is 1. The average Bonchev–Trinajstić information content (AvgIpc) is 2.44. The molecule has 1 aliphatic heterocycles. The van der Waals surface area contributed by atoms with Gasteiger partial charge in [0.15, 0.2) is 0 Å². The predicted molar refractivity (Wildman–Crippen MR) is 58.0 cm³/mol. The van der Waals surface area contributed by atoms with Crippen molar-refractivity contribution in [2.24, 2.45) is 0 Å². The van der Waals surface area contributed by atoms with E-state index in [0.717, 1.165) is 6.26 Å². The summed E-state index contributed by atoms with van der Waals surface area (Å²) >= 11 is 0. The van der Waals surface area contributed by atoms with E-state index in [9.17, 15) is 13.2 Å². The van der Waals surface area contributed by atoms with Crippen LogP contribution in [0.25, 0.3) is 0 Å². The molecular formula is C10H14O5S. The summed E-state index contributed by atoms with van der Waals surface area (Å²) in [5.74, 6) is 0.181. The zero-order valence-corrected chi connectivity index (χ0v) is 10.0. The van der Waals surface area contributed by atoms with Crippen LogP contribution in [0.15, 0.2) is 23.5 Å². The SMILES string of the molecule is CC1=C/C(=C/CCCOS(C)(=O)=O)OC1=O. The average molecular weight is 246 g/mol. The lowest BCUT2D eigenvalue weighted by Crippen LogP contribution is -2.03. The number of carbonyl (C=O) groups is 1. The Morgan fingerprint density at radius 2 is 2.19 bits per heavy atom. The first kappa shape index (κ1) is 12.9. The molecule has 0 aromatic rings. The van der Waals surface area contributed by atoms with Gasteiger partial charge >= 0.3 is 5.97 Å². The highest BCUT2D eigenvalue weighted by atomic mass is 32.2. The third kappa shape index (κ3) is 4.59. The van der Waals surface area contributed by atoms with Crippen LogP contribution in [0.1, 0.15) is 19.8 Å². The van der Waals surface area contributed by atoms with E-state index in [1.54, 1.807) is 19.1 Å². The molecule has 16 heavy (non-hydrogen) atoms. The van der Waals surface area contributed by atoms with Gasteiger partial charge in [-0.1, -0.05) is 0 Å². The van der Waals surface area contributed by atoms with Crippen molar-refractivity contribution < 1.29 is 22.1 Å². The molecule has 0 amide bonds. The molecule has 0 aromatic carbocycles. The summed E-state index contributed by atoms with van der Waals surface area (Å²) in [5.41, 5.74) is 0.568. The van der Waals surface area contributed by atoms with Crippen molar-refractivity contribution in [3.63, 3.8) is 0 Å². The molecular weight excluding hydrogens is 232 g/mol. The van der Waals surface area contributed by atoms with E-state index < -0.39 is 10.1 Å². The second-order valence-electron chi connectivity index (χ2n) is 3.49. The number of hydrogen-bond donors (Lipinski definition) is 0. The van der Waals surface area contributed by atoms with Gasteiger partial charge in [-0.05, 0) is 31.9 Å². The fourth-order valence-electron chi connectivity index (χ4n) is 1.13. The quantitative estimate of drug-likeness (QED) is 0.413. The molecule has 1 rings (SSSR count). The van der Waals surface area contributed by atoms with Crippen LogP contribution in [0.2, 0.25) is 0 Å². The van der Waals surface area contributed by atoms with Crippen LogP contribution in [0.3, 0.4) is 0 Å². The van der Waals surface area contributed by atoms with Gasteiger partial charge in [0.25, 0.3) is 10.1 Å². The fraction of sp³-hybridized carbons (Fsp3) is 0.500. The highest BCUT2D eigenvalue weighted by Gasteiger charge is 2.15. The maximum absolute atomic E-state index is 11.0. The van der Waals surface area contributed by atoms with E-state index in [1.807, 2.05) is 0 Å². The van der Waals surface area contributed by atoms with Gasteiger partial charge < -0.3 is 4.74 Å². The van der Waals surface area contributed by atoms with Crippen molar-refractivity contribution in [2.45, 2.75) is 19.8 Å². The molecule has 6 heteroatoms. The van der Waals surface area contributed by atoms with Crippen LogP contribution in [-0.2, 0) is 23.8 Å². The van der Waals surface area contributed by atoms with Crippen LogP contribution in [0.4, 0.5) is 0 Å². The van der Waals surface area contributed by atoms with Crippen molar-refractivity contribution in [1.82, 2.24) is 0 Å². The largest absolute Gasteiger partial charge is 0.424 e. The Morgan fingerprint density at radius 3 is 2.69 bits per heavy atom. The minimum absolute atomic E-state index is 0.138. The van der Waals surface area contributed by atoms with Gasteiger partial charge in [-0.2, -0.15) is 8.42 Å². The van der Waals surface area contributed by atoms with Gasteiger partial charge in [-0.15, -0.1) is 0 Å². The molecule has 1 aliphatic rings. The van der Waals surface area contributed by atoms with Crippen molar-refractivity contribution >= 4 is 16.1 Å². The second-order valence-corrected chi connectivity index (χ2v) is 5.14. The van der Waals surface area contributed by atoms with Gasteiger partial charge in [-0.3, -0.25) is 4.18 Å². The maximum atomic E-state index is 11.0. The smallest absolute Gasteiger partial charge is 0.339 e. The third-order valence-corrected chi connectivity index (χ3v) is 2.48. The number of carbonyl (C=O) groups excluding carboxylic acids is 1. The Morgan fingerprint density at radius 1 is 1.50 bits per heavy atom. The molecule has 1 heterocycles. The summed E-state index contributed by atoms with van der Waals surface area (Å²) in [6.45, 7) is 1.81. The topological polar surface area (TPSA) is 69.7 Å². The molecule has 0 aliphatic carbocycles. The molecule has 0 spiro atoms. The Bertz CT molecular complexity index is 430. The van der Waals surface area contributed by atoms with Crippen LogP contribution >= 0.6 is 0 Å². The van der Waals surface area contributed by atoms with Crippen molar-refractivity contribution in [1.29, 1.82) is 0 Å². The summed E-state index contributed by atoms with van der Waals surface area (Å²) in [6.07, 6.45) is 5.55. The molecule has 0 N–H and O–H groups in total. The Labute approximate surface area is 94.9 Å². The summed E-state index contributed by atoms with van der Waals surface area (Å²) in [7, 11) is -3.36. The van der Waals surface area contributed by atoms with Crippen molar-refractivity contribution in [2.75, 3.05) is 12.9 Å². The van der Waals surface area contributed by atoms with E-state index in [-0.39, 0.29) is 12.6 Å². The normalized spacial score (nSPS) is 18.8. The Kier molecular flexibility index (Phi) is 4.26. The highest BCUT2D eigenvalue weighted by molar-refractivity contribution is 7.85. The van der Waals surface area contributed by atoms with Crippen molar-refractivity contribution in [3.8, 4) is 0 Å². The number of hydrogen-bond acceptors (Lipinski definition) is 5. The molecule has 0 saturated heterocycles. The molecule has 0 fully saturated rings. The zero-order chi connectivity index (χ0) is 12.2. The van der Waals surface area contributed by atoms with Gasteiger partial charge in [-0.25, -0.2) is 4.79 Å². The summed E-state index contributed by atoms with van der Waals surface area (Å²) in [6, 6.07) is 0. The molecule has 0 radical (unpaired) electrons. The first-order valence-electron chi connectivity index (χ1n) is 4.83. The van der Waals surface area contributed by atoms with Gasteiger partial charge in [0.1, 0.15) is 5.76 Å². The van der Waals surface area contributed by atoms with Gasteiger partial charge in [0.2, 0.25) is 0 Å². The lowest BCUT2D eigenvalue weighted by Gasteiger charge is -1.99. The third-order valence-electron chi connectivity index (χ3n) is 1.88. The highest BCUT2D eigenvalue weighted by Crippen LogP contribution is 2.16. The number of rotatable bonds is 5. The molecule has 0 unspecified atom stereocenters. The van der Waals surface area contributed by atoms with E-state index in [4.69, 9.17) is 4.74 Å². The van der Waals surface area contributed by atoms with E-state index in [0.29, 0.717) is 24.2 Å². The predicted octanol–water partition coefficient (Wildman–Crippen LogP) is 1.13. The first-order chi connectivity index (χ1) is 7.38. The van der Waals surface area contributed by atoms with Gasteiger partial charge in [0.05, 0.1) is 12.9 Å². The Balaban J connectivity index is 2.27. The molecule has 5 nitrogen and oxygen atoms in total. The van der Waals surface area contributed by atoms with Gasteiger partial charge in [0, 0.05) is 5.57 Å². The standard InChI is InChI=1S/C10H14O5S/c1-8-7-9(15-10(8)11)5-3-4-6-14-16(2,12)13/h5,7H,3-4,6H2,1-2H3/b9-5-. The second kappa shape index (κ2) is 5.27. The minimum Gasteiger partial charge on any atom is -0.424 e.